The number of hydrogen-bond donors (Lipinski definition) is 1. The van der Waals surface area contributed by atoms with Gasteiger partial charge >= 0.3 is 0 Å². The summed E-state index contributed by atoms with van der Waals surface area (Å²) >= 11 is 5.86. The lowest BCUT2D eigenvalue weighted by atomic mass is 10.1. The highest BCUT2D eigenvalue weighted by Gasteiger charge is 2.07. The van der Waals surface area contributed by atoms with Crippen LogP contribution in [0.25, 0.3) is 10.9 Å². The van der Waals surface area contributed by atoms with Crippen LogP contribution < -0.4 is 14.8 Å². The largest absolute Gasteiger partial charge is 0.497 e. The van der Waals surface area contributed by atoms with E-state index in [1.54, 1.807) is 37.4 Å². The molecular formula is C19H17ClN2O3. The Labute approximate surface area is 150 Å². The third-order valence-electron chi connectivity index (χ3n) is 3.61. The molecule has 0 aliphatic carbocycles. The van der Waals surface area contributed by atoms with Gasteiger partial charge in [-0.05, 0) is 42.5 Å². The molecule has 3 aromatic rings. The fourth-order valence-corrected chi connectivity index (χ4v) is 2.52. The van der Waals surface area contributed by atoms with Gasteiger partial charge in [-0.25, -0.2) is 4.98 Å². The molecule has 0 saturated heterocycles. The summed E-state index contributed by atoms with van der Waals surface area (Å²) in [6.45, 7) is 0.761. The number of hydrogen-bond acceptors (Lipinski definition) is 4. The number of methoxy groups -OCH3 is 1. The van der Waals surface area contributed by atoms with Gasteiger partial charge in [0.05, 0.1) is 19.2 Å². The summed E-state index contributed by atoms with van der Waals surface area (Å²) in [5.41, 5.74) is 1.32. The highest BCUT2D eigenvalue weighted by atomic mass is 35.5. The predicted octanol–water partition coefficient (Wildman–Crippen LogP) is 3.71. The first-order chi connectivity index (χ1) is 12.2. The van der Waals surface area contributed by atoms with Crippen molar-refractivity contribution in [2.75, 3.05) is 20.3 Å². The Bertz CT molecular complexity index is 899. The number of carbonyl (C=O) groups is 1. The Morgan fingerprint density at radius 3 is 2.80 bits per heavy atom. The van der Waals surface area contributed by atoms with Gasteiger partial charge in [-0.15, -0.1) is 0 Å². The Kier molecular flexibility index (Phi) is 5.36. The third-order valence-corrected chi connectivity index (χ3v) is 3.83. The third kappa shape index (κ3) is 4.39. The van der Waals surface area contributed by atoms with Crippen LogP contribution >= 0.6 is 11.6 Å². The van der Waals surface area contributed by atoms with E-state index in [2.05, 4.69) is 10.3 Å². The molecule has 1 aromatic heterocycles. The smallest absolute Gasteiger partial charge is 0.251 e. The molecule has 0 unspecified atom stereocenters. The zero-order valence-electron chi connectivity index (χ0n) is 13.7. The van der Waals surface area contributed by atoms with Gasteiger partial charge in [0.15, 0.2) is 0 Å². The van der Waals surface area contributed by atoms with Gasteiger partial charge in [0.25, 0.3) is 5.91 Å². The minimum atomic E-state index is -0.161. The lowest BCUT2D eigenvalue weighted by molar-refractivity contribution is 0.0947. The number of ether oxygens (including phenoxy) is 2. The first kappa shape index (κ1) is 17.0. The zero-order valence-corrected chi connectivity index (χ0v) is 14.4. The Balaban J connectivity index is 1.54. The van der Waals surface area contributed by atoms with Crippen molar-refractivity contribution < 1.29 is 14.3 Å². The van der Waals surface area contributed by atoms with Crippen LogP contribution in [0.15, 0.2) is 54.6 Å². The first-order valence-corrected chi connectivity index (χ1v) is 8.15. The average Bonchev–Trinajstić information content (AvgIpc) is 2.64. The number of halogens is 1. The van der Waals surface area contributed by atoms with Crippen LogP contribution in [-0.2, 0) is 0 Å². The highest BCUT2D eigenvalue weighted by molar-refractivity contribution is 6.29. The summed E-state index contributed by atoms with van der Waals surface area (Å²) < 4.78 is 10.7. The summed E-state index contributed by atoms with van der Waals surface area (Å²) in [5, 5.41) is 4.13. The molecule has 25 heavy (non-hydrogen) atoms. The number of rotatable bonds is 6. The molecule has 0 atom stereocenters. The van der Waals surface area contributed by atoms with Gasteiger partial charge in [-0.3, -0.25) is 4.79 Å². The van der Waals surface area contributed by atoms with E-state index in [-0.39, 0.29) is 5.91 Å². The van der Waals surface area contributed by atoms with Crippen molar-refractivity contribution in [2.24, 2.45) is 0 Å². The van der Waals surface area contributed by atoms with Crippen LogP contribution in [0, 0.1) is 0 Å². The number of nitrogens with one attached hydrogen (secondary N) is 1. The molecule has 1 heterocycles. The lowest BCUT2D eigenvalue weighted by Crippen LogP contribution is -2.28. The van der Waals surface area contributed by atoms with E-state index in [9.17, 15) is 4.79 Å². The van der Waals surface area contributed by atoms with E-state index in [0.717, 1.165) is 16.7 Å². The molecule has 128 valence electrons. The summed E-state index contributed by atoms with van der Waals surface area (Å²) in [5.74, 6) is 1.26. The van der Waals surface area contributed by atoms with Crippen LogP contribution in [0.1, 0.15) is 10.4 Å². The molecule has 5 nitrogen and oxygen atoms in total. The van der Waals surface area contributed by atoms with E-state index in [0.29, 0.717) is 29.6 Å². The summed E-state index contributed by atoms with van der Waals surface area (Å²) in [7, 11) is 1.60. The molecular weight excluding hydrogens is 340 g/mol. The second-order valence-electron chi connectivity index (χ2n) is 5.32. The lowest BCUT2D eigenvalue weighted by Gasteiger charge is -2.09. The number of fused-ring (bicyclic) bond motifs is 1. The molecule has 0 saturated carbocycles. The van der Waals surface area contributed by atoms with Crippen molar-refractivity contribution in [1.82, 2.24) is 10.3 Å². The topological polar surface area (TPSA) is 60.5 Å². The maximum Gasteiger partial charge on any atom is 0.251 e. The van der Waals surface area contributed by atoms with E-state index in [4.69, 9.17) is 21.1 Å². The number of benzene rings is 2. The maximum atomic E-state index is 12.2. The molecule has 1 N–H and O–H groups in total. The molecule has 0 fully saturated rings. The minimum absolute atomic E-state index is 0.161. The summed E-state index contributed by atoms with van der Waals surface area (Å²) in [6, 6.07) is 16.2. The predicted molar refractivity (Wildman–Crippen MR) is 97.6 cm³/mol. The van der Waals surface area contributed by atoms with Crippen molar-refractivity contribution in [2.45, 2.75) is 0 Å². The Hall–Kier alpha value is -2.79. The van der Waals surface area contributed by atoms with Crippen molar-refractivity contribution in [3.05, 3.63) is 65.3 Å². The molecule has 0 spiro atoms. The number of aromatic nitrogens is 1. The SMILES string of the molecule is COc1cccc(OCCNC(=O)c2ccc3nc(Cl)ccc3c2)c1. The molecule has 0 radical (unpaired) electrons. The molecule has 0 aliphatic rings. The van der Waals surface area contributed by atoms with Crippen LogP contribution in [0.4, 0.5) is 0 Å². The molecule has 2 aromatic carbocycles. The number of carbonyl (C=O) groups excluding carboxylic acids is 1. The van der Waals surface area contributed by atoms with Gasteiger partial charge < -0.3 is 14.8 Å². The maximum absolute atomic E-state index is 12.2. The van der Waals surface area contributed by atoms with Gasteiger partial charge in [-0.1, -0.05) is 17.7 Å². The summed E-state index contributed by atoms with van der Waals surface area (Å²) in [4.78, 5) is 16.4. The van der Waals surface area contributed by atoms with Crippen LogP contribution in [0.3, 0.4) is 0 Å². The average molecular weight is 357 g/mol. The zero-order chi connectivity index (χ0) is 17.6. The fraction of sp³-hybridized carbons (Fsp3) is 0.158. The Morgan fingerprint density at radius 2 is 1.96 bits per heavy atom. The standard InChI is InChI=1S/C19H17ClN2O3/c1-24-15-3-2-4-16(12-15)25-10-9-21-19(23)14-5-7-17-13(11-14)6-8-18(20)22-17/h2-8,11-12H,9-10H2,1H3,(H,21,23). The number of nitrogens with zero attached hydrogens (tertiary/aromatic N) is 1. The quantitative estimate of drug-likeness (QED) is 0.540. The van der Waals surface area contributed by atoms with Gasteiger partial charge in [-0.2, -0.15) is 0 Å². The number of amides is 1. The van der Waals surface area contributed by atoms with Crippen LogP contribution in [0.2, 0.25) is 5.15 Å². The van der Waals surface area contributed by atoms with Gasteiger partial charge in [0.2, 0.25) is 0 Å². The molecule has 0 bridgehead atoms. The normalized spacial score (nSPS) is 10.5. The van der Waals surface area contributed by atoms with E-state index >= 15 is 0 Å². The molecule has 6 heteroatoms. The van der Waals surface area contributed by atoms with Gasteiger partial charge in [0.1, 0.15) is 23.3 Å². The van der Waals surface area contributed by atoms with Crippen molar-refractivity contribution in [3.63, 3.8) is 0 Å². The first-order valence-electron chi connectivity index (χ1n) is 7.77. The molecule has 0 aliphatic heterocycles. The molecule has 3 rings (SSSR count). The molecule has 1 amide bonds. The summed E-state index contributed by atoms with van der Waals surface area (Å²) in [6.07, 6.45) is 0. The van der Waals surface area contributed by atoms with Crippen molar-refractivity contribution >= 4 is 28.4 Å². The second kappa shape index (κ2) is 7.85. The fourth-order valence-electron chi connectivity index (χ4n) is 2.37. The minimum Gasteiger partial charge on any atom is -0.497 e. The van der Waals surface area contributed by atoms with Crippen molar-refractivity contribution in [1.29, 1.82) is 0 Å². The Morgan fingerprint density at radius 1 is 1.12 bits per heavy atom. The monoisotopic (exact) mass is 356 g/mol. The van der Waals surface area contributed by atoms with E-state index in [1.165, 1.54) is 0 Å². The van der Waals surface area contributed by atoms with Crippen LogP contribution in [-0.4, -0.2) is 31.2 Å². The van der Waals surface area contributed by atoms with E-state index in [1.807, 2.05) is 24.3 Å². The highest BCUT2D eigenvalue weighted by Crippen LogP contribution is 2.19. The van der Waals surface area contributed by atoms with Crippen molar-refractivity contribution in [3.8, 4) is 11.5 Å². The van der Waals surface area contributed by atoms with Crippen LogP contribution in [0.5, 0.6) is 11.5 Å². The second-order valence-corrected chi connectivity index (χ2v) is 5.71. The van der Waals surface area contributed by atoms with E-state index < -0.39 is 0 Å². The number of pyridine rings is 1. The van der Waals surface area contributed by atoms with Gasteiger partial charge in [0, 0.05) is 17.0 Å².